The predicted octanol–water partition coefficient (Wildman–Crippen LogP) is 3.68. The van der Waals surface area contributed by atoms with Crippen molar-refractivity contribution < 1.29 is 10.4 Å². The summed E-state index contributed by atoms with van der Waals surface area (Å²) in [6.07, 6.45) is 5.84. The van der Waals surface area contributed by atoms with Crippen LogP contribution in [0.3, 0.4) is 0 Å². The third kappa shape index (κ3) is 5.67. The second-order valence-corrected chi connectivity index (χ2v) is 11.7. The first-order chi connectivity index (χ1) is 12.7. The van der Waals surface area contributed by atoms with E-state index in [0.717, 1.165) is 51.6 Å². The van der Waals surface area contributed by atoms with Crippen LogP contribution in [-0.4, -0.2) is 57.5 Å². The van der Waals surface area contributed by atoms with Crippen LogP contribution in [0.15, 0.2) is 0 Å². The number of piperidine rings is 2. The van der Waals surface area contributed by atoms with Crippen molar-refractivity contribution in [1.29, 1.82) is 0 Å². The molecule has 2 saturated heterocycles. The Morgan fingerprint density at radius 3 is 1.11 bits per heavy atom. The second kappa shape index (κ2) is 8.48. The van der Waals surface area contributed by atoms with E-state index in [1.54, 1.807) is 0 Å². The maximum atomic E-state index is 12.4. The molecule has 2 N–H and O–H groups in total. The summed E-state index contributed by atoms with van der Waals surface area (Å²) in [6, 6.07) is 0.817. The van der Waals surface area contributed by atoms with Crippen LogP contribution in [0, 0.1) is 0 Å². The van der Waals surface area contributed by atoms with Crippen LogP contribution < -0.4 is 10.6 Å². The quantitative estimate of drug-likeness (QED) is 0.644. The van der Waals surface area contributed by atoms with Crippen molar-refractivity contribution >= 4 is 0 Å². The molecule has 0 bridgehead atoms. The lowest BCUT2D eigenvalue weighted by atomic mass is 9.79. The van der Waals surface area contributed by atoms with Crippen molar-refractivity contribution in [3.63, 3.8) is 0 Å². The van der Waals surface area contributed by atoms with Crippen molar-refractivity contribution in [2.75, 3.05) is 13.1 Å². The van der Waals surface area contributed by atoms with Crippen molar-refractivity contribution in [3.05, 3.63) is 0 Å². The predicted molar refractivity (Wildman–Crippen MR) is 113 cm³/mol. The molecule has 2 heterocycles. The minimum atomic E-state index is -0.309. The van der Waals surface area contributed by atoms with Crippen molar-refractivity contribution in [1.82, 2.24) is 20.8 Å². The first kappa shape index (κ1) is 24.0. The summed E-state index contributed by atoms with van der Waals surface area (Å²) in [5.74, 6) is 0. The highest BCUT2D eigenvalue weighted by Crippen LogP contribution is 2.38. The van der Waals surface area contributed by atoms with E-state index in [1.807, 2.05) is 0 Å². The average Bonchev–Trinajstić information content (AvgIpc) is 2.52. The Morgan fingerprint density at radius 2 is 0.857 bits per heavy atom. The Labute approximate surface area is 173 Å². The summed E-state index contributed by atoms with van der Waals surface area (Å²) in [5, 5.41) is 34.8. The molecule has 2 aliphatic rings. The highest BCUT2D eigenvalue weighted by Gasteiger charge is 2.46. The van der Waals surface area contributed by atoms with Crippen LogP contribution in [-0.2, 0) is 10.4 Å². The number of hydrogen-bond acceptors (Lipinski definition) is 4. The third-order valence-corrected chi connectivity index (χ3v) is 6.65. The Morgan fingerprint density at radius 1 is 0.607 bits per heavy atom. The lowest BCUT2D eigenvalue weighted by molar-refractivity contribution is -0.290. The van der Waals surface area contributed by atoms with E-state index < -0.39 is 0 Å². The lowest BCUT2D eigenvalue weighted by Gasteiger charge is -2.50. The number of nitrogens with zero attached hydrogens (tertiary/aromatic N) is 2. The molecule has 0 aromatic heterocycles. The van der Waals surface area contributed by atoms with Gasteiger partial charge >= 0.3 is 0 Å². The molecule has 28 heavy (non-hydrogen) atoms. The first-order valence-electron chi connectivity index (χ1n) is 11.1. The number of nitrogens with one attached hydrogen (secondary N) is 2. The maximum absolute atomic E-state index is 12.4. The Kier molecular flexibility index (Phi) is 7.28. The summed E-state index contributed by atoms with van der Waals surface area (Å²) in [6.45, 7) is 18.4. The molecular weight excluding hydrogens is 352 g/mol. The van der Waals surface area contributed by atoms with Crippen molar-refractivity contribution in [2.45, 2.75) is 128 Å². The van der Waals surface area contributed by atoms with Gasteiger partial charge in [-0.25, -0.2) is 0 Å². The summed E-state index contributed by atoms with van der Waals surface area (Å²) in [7, 11) is 0. The zero-order valence-corrected chi connectivity index (χ0v) is 19.5. The number of rotatable bonds is 7. The van der Waals surface area contributed by atoms with Crippen LogP contribution in [0.1, 0.15) is 93.9 Å². The van der Waals surface area contributed by atoms with Crippen LogP contribution in [0.2, 0.25) is 0 Å². The van der Waals surface area contributed by atoms with Gasteiger partial charge in [0.2, 0.25) is 0 Å². The van der Waals surface area contributed by atoms with Gasteiger partial charge in [0.15, 0.2) is 0 Å². The highest BCUT2D eigenvalue weighted by atomic mass is 16.5. The molecular formula is C22H44N4O2. The number of hydroxylamine groups is 4. The number of hydrogen-bond donors (Lipinski definition) is 2. The van der Waals surface area contributed by atoms with Crippen LogP contribution in [0.4, 0.5) is 0 Å². The Hall–Kier alpha value is -0.240. The molecule has 6 heteroatoms. The molecule has 0 aromatic carbocycles. The summed E-state index contributed by atoms with van der Waals surface area (Å²) in [4.78, 5) is 0. The highest BCUT2D eigenvalue weighted by molar-refractivity contribution is 4.99. The van der Waals surface area contributed by atoms with Crippen LogP contribution in [0.5, 0.6) is 0 Å². The van der Waals surface area contributed by atoms with Crippen molar-refractivity contribution in [2.24, 2.45) is 0 Å². The van der Waals surface area contributed by atoms with E-state index >= 15 is 0 Å². The van der Waals surface area contributed by atoms with E-state index in [-0.39, 0.29) is 22.2 Å². The Balaban J connectivity index is 1.67. The lowest BCUT2D eigenvalue weighted by Crippen LogP contribution is -2.62. The minimum Gasteiger partial charge on any atom is -0.314 e. The standard InChI is InChI=1S/C22H44N4O2/c1-19(2)13-17(14-20(3,4)25(19)27)23-11-9-10-12-24-18-15-21(5,6)26(28)22(7,8)16-18/h17-18,23-24H,9-16H2,1-8H3. The van der Waals surface area contributed by atoms with Crippen LogP contribution >= 0.6 is 0 Å². The molecule has 0 atom stereocenters. The van der Waals surface area contributed by atoms with Gasteiger partial charge in [0.1, 0.15) is 0 Å². The van der Waals surface area contributed by atoms with Crippen LogP contribution in [0.25, 0.3) is 0 Å². The first-order valence-corrected chi connectivity index (χ1v) is 11.1. The van der Waals surface area contributed by atoms with E-state index in [9.17, 15) is 10.4 Å². The molecule has 2 radical (unpaired) electrons. The summed E-state index contributed by atoms with van der Waals surface area (Å²) >= 11 is 0. The van der Waals surface area contributed by atoms with Gasteiger partial charge in [0.25, 0.3) is 0 Å². The van der Waals surface area contributed by atoms with Gasteiger partial charge < -0.3 is 10.6 Å². The molecule has 2 fully saturated rings. The van der Waals surface area contributed by atoms with Gasteiger partial charge in [0.05, 0.1) is 0 Å². The fourth-order valence-electron chi connectivity index (χ4n) is 5.68. The van der Waals surface area contributed by atoms with Gasteiger partial charge in [-0.2, -0.15) is 0 Å². The van der Waals surface area contributed by atoms with Gasteiger partial charge in [-0.05, 0) is 107 Å². The molecule has 0 aromatic rings. The summed E-state index contributed by atoms with van der Waals surface area (Å²) < 4.78 is 0. The van der Waals surface area contributed by atoms with Gasteiger partial charge in [-0.1, -0.05) is 0 Å². The molecule has 6 nitrogen and oxygen atoms in total. The van der Waals surface area contributed by atoms with Crippen molar-refractivity contribution in [3.8, 4) is 0 Å². The largest absolute Gasteiger partial charge is 0.314 e. The zero-order valence-electron chi connectivity index (χ0n) is 19.5. The van der Waals surface area contributed by atoms with E-state index in [1.165, 1.54) is 10.1 Å². The molecule has 0 aliphatic carbocycles. The topological polar surface area (TPSA) is 70.3 Å². The smallest absolute Gasteiger partial charge is 0.0458 e. The average molecular weight is 397 g/mol. The third-order valence-electron chi connectivity index (χ3n) is 6.65. The molecule has 2 rings (SSSR count). The fourth-order valence-corrected chi connectivity index (χ4v) is 5.68. The van der Waals surface area contributed by atoms with E-state index in [2.05, 4.69) is 66.0 Å². The fraction of sp³-hybridized carbons (Fsp3) is 1.00. The molecule has 2 aliphatic heterocycles. The summed E-state index contributed by atoms with van der Waals surface area (Å²) in [5.41, 5.74) is -1.23. The molecule has 0 saturated carbocycles. The SMILES string of the molecule is CC1(C)CC(NCCCCNC2CC(C)(C)N([O])C(C)(C)C2)CC(C)(C)N1[O]. The van der Waals surface area contributed by atoms with E-state index in [4.69, 9.17) is 0 Å². The maximum Gasteiger partial charge on any atom is 0.0458 e. The van der Waals surface area contributed by atoms with E-state index in [0.29, 0.717) is 12.1 Å². The normalized spacial score (nSPS) is 28.5. The number of unbranched alkanes of at least 4 members (excludes halogenated alkanes) is 1. The second-order valence-electron chi connectivity index (χ2n) is 11.7. The minimum absolute atomic E-state index is 0.309. The van der Waals surface area contributed by atoms with Gasteiger partial charge in [-0.3, -0.25) is 0 Å². The zero-order chi connectivity index (χ0) is 21.4. The van der Waals surface area contributed by atoms with Gasteiger partial charge in [-0.15, -0.1) is 20.5 Å². The molecule has 164 valence electrons. The van der Waals surface area contributed by atoms with Gasteiger partial charge in [0, 0.05) is 34.2 Å². The molecule has 0 unspecified atom stereocenters. The monoisotopic (exact) mass is 396 g/mol. The molecule has 0 amide bonds. The molecule has 0 spiro atoms. The Bertz CT molecular complexity index is 437.